The molecule has 1 aliphatic heterocycles. The highest BCUT2D eigenvalue weighted by Crippen LogP contribution is 2.26. The molecule has 0 spiro atoms. The SMILES string of the molecule is O=C(O)C[C@@H]1Cn2c(nc3ccccc32)NC1=O. The summed E-state index contributed by atoms with van der Waals surface area (Å²) >= 11 is 0. The van der Waals surface area contributed by atoms with Gasteiger partial charge >= 0.3 is 5.97 Å². The average molecular weight is 245 g/mol. The summed E-state index contributed by atoms with van der Waals surface area (Å²) in [5, 5.41) is 11.4. The van der Waals surface area contributed by atoms with Crippen LogP contribution in [0.3, 0.4) is 0 Å². The number of aliphatic carboxylic acids is 1. The Kier molecular flexibility index (Phi) is 2.29. The van der Waals surface area contributed by atoms with E-state index in [4.69, 9.17) is 5.11 Å². The Morgan fingerprint density at radius 2 is 2.28 bits per heavy atom. The number of carboxylic acid groups (broad SMARTS) is 1. The van der Waals surface area contributed by atoms with Gasteiger partial charge in [-0.25, -0.2) is 4.98 Å². The molecule has 0 aliphatic carbocycles. The monoisotopic (exact) mass is 245 g/mol. The first-order valence-corrected chi connectivity index (χ1v) is 5.63. The lowest BCUT2D eigenvalue weighted by Gasteiger charge is -2.22. The number of para-hydroxylation sites is 2. The van der Waals surface area contributed by atoms with Crippen molar-refractivity contribution in [2.24, 2.45) is 5.92 Å². The van der Waals surface area contributed by atoms with Crippen LogP contribution in [0.5, 0.6) is 0 Å². The number of carbonyl (C=O) groups excluding carboxylic acids is 1. The molecule has 0 radical (unpaired) electrons. The fourth-order valence-corrected chi connectivity index (χ4v) is 2.24. The van der Waals surface area contributed by atoms with Crippen molar-refractivity contribution in [1.82, 2.24) is 9.55 Å². The van der Waals surface area contributed by atoms with Crippen LogP contribution in [-0.2, 0) is 16.1 Å². The second-order valence-electron chi connectivity index (χ2n) is 4.32. The molecule has 1 amide bonds. The summed E-state index contributed by atoms with van der Waals surface area (Å²) in [6, 6.07) is 7.53. The Morgan fingerprint density at radius 3 is 3.06 bits per heavy atom. The number of rotatable bonds is 2. The van der Waals surface area contributed by atoms with Crippen molar-refractivity contribution >= 4 is 28.9 Å². The van der Waals surface area contributed by atoms with Crippen molar-refractivity contribution in [3.05, 3.63) is 24.3 Å². The third-order valence-electron chi connectivity index (χ3n) is 3.08. The van der Waals surface area contributed by atoms with Crippen molar-refractivity contribution in [1.29, 1.82) is 0 Å². The lowest BCUT2D eigenvalue weighted by Crippen LogP contribution is -2.34. The van der Waals surface area contributed by atoms with Crippen molar-refractivity contribution in [3.63, 3.8) is 0 Å². The Bertz CT molecular complexity index is 647. The van der Waals surface area contributed by atoms with E-state index >= 15 is 0 Å². The Hall–Kier alpha value is -2.37. The Balaban J connectivity index is 2.04. The third-order valence-corrected chi connectivity index (χ3v) is 3.08. The van der Waals surface area contributed by atoms with Gasteiger partial charge in [0.05, 0.1) is 23.4 Å². The highest BCUT2D eigenvalue weighted by Gasteiger charge is 2.29. The summed E-state index contributed by atoms with van der Waals surface area (Å²) in [5.74, 6) is -1.31. The first-order valence-electron chi connectivity index (χ1n) is 5.63. The number of anilines is 1. The topological polar surface area (TPSA) is 84.2 Å². The van der Waals surface area contributed by atoms with Crippen LogP contribution in [0.25, 0.3) is 11.0 Å². The number of nitrogens with zero attached hydrogens (tertiary/aromatic N) is 2. The number of carboxylic acids is 1. The highest BCUT2D eigenvalue weighted by atomic mass is 16.4. The van der Waals surface area contributed by atoms with Crippen molar-refractivity contribution in [2.75, 3.05) is 5.32 Å². The molecule has 1 aromatic heterocycles. The van der Waals surface area contributed by atoms with Gasteiger partial charge < -0.3 is 9.67 Å². The van der Waals surface area contributed by atoms with Crippen LogP contribution in [0.15, 0.2) is 24.3 Å². The zero-order valence-electron chi connectivity index (χ0n) is 9.46. The van der Waals surface area contributed by atoms with E-state index in [-0.39, 0.29) is 12.3 Å². The largest absolute Gasteiger partial charge is 0.481 e. The van der Waals surface area contributed by atoms with E-state index in [0.29, 0.717) is 12.5 Å². The minimum atomic E-state index is -0.969. The van der Waals surface area contributed by atoms with E-state index in [0.717, 1.165) is 11.0 Å². The molecule has 1 aromatic carbocycles. The number of aromatic nitrogens is 2. The van der Waals surface area contributed by atoms with Gasteiger partial charge in [-0.05, 0) is 12.1 Å². The molecule has 0 bridgehead atoms. The minimum Gasteiger partial charge on any atom is -0.481 e. The lowest BCUT2D eigenvalue weighted by atomic mass is 10.0. The molecular weight excluding hydrogens is 234 g/mol. The molecule has 6 nitrogen and oxygen atoms in total. The molecule has 6 heteroatoms. The van der Waals surface area contributed by atoms with E-state index in [2.05, 4.69) is 10.3 Å². The van der Waals surface area contributed by atoms with Gasteiger partial charge in [0.2, 0.25) is 11.9 Å². The number of carbonyl (C=O) groups is 2. The van der Waals surface area contributed by atoms with Gasteiger partial charge in [-0.15, -0.1) is 0 Å². The van der Waals surface area contributed by atoms with Gasteiger partial charge in [0.15, 0.2) is 0 Å². The maximum absolute atomic E-state index is 11.7. The van der Waals surface area contributed by atoms with E-state index in [1.54, 1.807) is 0 Å². The summed E-state index contributed by atoms with van der Waals surface area (Å²) in [7, 11) is 0. The molecule has 18 heavy (non-hydrogen) atoms. The van der Waals surface area contributed by atoms with Gasteiger partial charge in [0, 0.05) is 6.54 Å². The molecule has 3 rings (SSSR count). The van der Waals surface area contributed by atoms with Crippen molar-refractivity contribution in [3.8, 4) is 0 Å². The van der Waals surface area contributed by atoms with E-state index < -0.39 is 11.9 Å². The number of benzene rings is 1. The fourth-order valence-electron chi connectivity index (χ4n) is 2.24. The summed E-state index contributed by atoms with van der Waals surface area (Å²) in [6.45, 7) is 0.355. The average Bonchev–Trinajstić information content (AvgIpc) is 2.66. The standard InChI is InChI=1S/C12H11N3O3/c16-10(17)5-7-6-15-9-4-2-1-3-8(9)13-12(15)14-11(7)18/h1-4,7H,5-6H2,(H,16,17)(H,13,14,18)/t7-/m1/s1. The van der Waals surface area contributed by atoms with Crippen molar-refractivity contribution < 1.29 is 14.7 Å². The molecule has 0 saturated heterocycles. The number of hydrogen-bond acceptors (Lipinski definition) is 3. The van der Waals surface area contributed by atoms with Crippen LogP contribution >= 0.6 is 0 Å². The zero-order valence-corrected chi connectivity index (χ0v) is 9.46. The summed E-state index contributed by atoms with van der Waals surface area (Å²) in [5.41, 5.74) is 1.70. The highest BCUT2D eigenvalue weighted by molar-refractivity contribution is 5.96. The quantitative estimate of drug-likeness (QED) is 0.829. The molecular formula is C12H11N3O3. The van der Waals surface area contributed by atoms with Crippen LogP contribution in [0, 0.1) is 5.92 Å². The molecule has 2 heterocycles. The molecule has 2 N–H and O–H groups in total. The Labute approximate surface area is 102 Å². The zero-order chi connectivity index (χ0) is 12.7. The van der Waals surface area contributed by atoms with Crippen LogP contribution < -0.4 is 5.32 Å². The molecule has 2 aromatic rings. The summed E-state index contributed by atoms with van der Waals surface area (Å²) in [4.78, 5) is 26.8. The van der Waals surface area contributed by atoms with Gasteiger partial charge in [-0.3, -0.25) is 14.9 Å². The smallest absolute Gasteiger partial charge is 0.304 e. The van der Waals surface area contributed by atoms with Gasteiger partial charge in [0.25, 0.3) is 0 Å². The molecule has 1 aliphatic rings. The van der Waals surface area contributed by atoms with Crippen LogP contribution in [0.1, 0.15) is 6.42 Å². The summed E-state index contributed by atoms with van der Waals surface area (Å²) in [6.07, 6.45) is -0.169. The minimum absolute atomic E-state index is 0.169. The molecule has 0 fully saturated rings. The molecule has 1 atom stereocenters. The normalized spacial score (nSPS) is 18.4. The number of imidazole rings is 1. The second-order valence-corrected chi connectivity index (χ2v) is 4.32. The number of amides is 1. The second kappa shape index (κ2) is 3.83. The van der Waals surface area contributed by atoms with E-state index in [9.17, 15) is 9.59 Å². The first kappa shape index (κ1) is 10.8. The molecule has 0 unspecified atom stereocenters. The number of fused-ring (bicyclic) bond motifs is 3. The maximum Gasteiger partial charge on any atom is 0.304 e. The first-order chi connectivity index (χ1) is 8.65. The fraction of sp³-hybridized carbons (Fsp3) is 0.250. The number of hydrogen-bond donors (Lipinski definition) is 2. The lowest BCUT2D eigenvalue weighted by molar-refractivity contribution is -0.140. The van der Waals surface area contributed by atoms with Crippen molar-refractivity contribution in [2.45, 2.75) is 13.0 Å². The van der Waals surface area contributed by atoms with Crippen LogP contribution in [0.4, 0.5) is 5.95 Å². The van der Waals surface area contributed by atoms with Gasteiger partial charge in [-0.1, -0.05) is 12.1 Å². The van der Waals surface area contributed by atoms with E-state index in [1.165, 1.54) is 0 Å². The predicted molar refractivity (Wildman–Crippen MR) is 64.1 cm³/mol. The molecule has 92 valence electrons. The van der Waals surface area contributed by atoms with Crippen LogP contribution in [0.2, 0.25) is 0 Å². The van der Waals surface area contributed by atoms with Gasteiger partial charge in [0.1, 0.15) is 0 Å². The maximum atomic E-state index is 11.7. The molecule has 0 saturated carbocycles. The summed E-state index contributed by atoms with van der Waals surface area (Å²) < 4.78 is 1.85. The Morgan fingerprint density at radius 1 is 1.50 bits per heavy atom. The van der Waals surface area contributed by atoms with Crippen LogP contribution in [-0.4, -0.2) is 26.5 Å². The number of nitrogens with one attached hydrogen (secondary N) is 1. The predicted octanol–water partition coefficient (Wildman–Crippen LogP) is 1.08. The third kappa shape index (κ3) is 1.62. The van der Waals surface area contributed by atoms with E-state index in [1.807, 2.05) is 28.8 Å². The van der Waals surface area contributed by atoms with Gasteiger partial charge in [-0.2, -0.15) is 0 Å².